The minimum atomic E-state index is -1.24. The summed E-state index contributed by atoms with van der Waals surface area (Å²) < 4.78 is 25.2. The summed E-state index contributed by atoms with van der Waals surface area (Å²) in [5.74, 6) is -2.27. The molecule has 0 amide bonds. The normalized spacial score (nSPS) is 10.0. The molecule has 64 valence electrons. The number of pyridine rings is 1. The molecule has 1 rings (SSSR count). The Kier molecular flexibility index (Phi) is 2.59. The molecule has 0 aliphatic heterocycles. The van der Waals surface area contributed by atoms with Gasteiger partial charge in [-0.05, 0) is 11.6 Å². The van der Waals surface area contributed by atoms with E-state index in [4.69, 9.17) is 23.2 Å². The topological polar surface area (TPSA) is 30.0 Å². The fourth-order valence-electron chi connectivity index (χ4n) is 0.580. The van der Waals surface area contributed by atoms with Crippen molar-refractivity contribution in [3.05, 3.63) is 28.5 Å². The molecule has 0 aliphatic carbocycles. The molecule has 0 bridgehead atoms. The first-order chi connectivity index (χ1) is 5.54. The van der Waals surface area contributed by atoms with Gasteiger partial charge < -0.3 is 0 Å². The van der Waals surface area contributed by atoms with Crippen LogP contribution in [0.1, 0.15) is 10.5 Å². The number of carbonyl (C=O) groups is 1. The lowest BCUT2D eigenvalue weighted by molar-refractivity contribution is 0.107. The average Bonchev–Trinajstić information content (AvgIpc) is 2.00. The van der Waals surface area contributed by atoms with Crippen molar-refractivity contribution in [2.24, 2.45) is 0 Å². The highest BCUT2D eigenvalue weighted by Gasteiger charge is 2.17. The molecule has 1 heterocycles. The van der Waals surface area contributed by atoms with E-state index in [0.717, 1.165) is 0 Å². The standard InChI is InChI=1S/C6HCl2F2NO/c7-3-2(9)1-11-5(4(3)10)6(8)12/h1H. The Balaban J connectivity index is 3.36. The summed E-state index contributed by atoms with van der Waals surface area (Å²) in [6.07, 6.45) is 0.626. The monoisotopic (exact) mass is 211 g/mol. The Morgan fingerprint density at radius 2 is 2.08 bits per heavy atom. The number of halogens is 4. The third-order valence-electron chi connectivity index (χ3n) is 1.10. The number of hydrogen-bond acceptors (Lipinski definition) is 2. The molecule has 1 aromatic rings. The van der Waals surface area contributed by atoms with Gasteiger partial charge in [0.05, 0.1) is 6.20 Å². The molecule has 0 spiro atoms. The predicted octanol–water partition coefficient (Wildman–Crippen LogP) is 2.39. The fourth-order valence-corrected chi connectivity index (χ4v) is 0.850. The number of aromatic nitrogens is 1. The first-order valence-electron chi connectivity index (χ1n) is 2.73. The molecular weight excluding hydrogens is 211 g/mol. The third kappa shape index (κ3) is 1.54. The van der Waals surface area contributed by atoms with E-state index in [1.54, 1.807) is 0 Å². The first kappa shape index (κ1) is 9.35. The van der Waals surface area contributed by atoms with E-state index < -0.39 is 27.6 Å². The van der Waals surface area contributed by atoms with Crippen molar-refractivity contribution >= 4 is 28.4 Å². The van der Waals surface area contributed by atoms with Crippen LogP contribution in [0.2, 0.25) is 5.02 Å². The highest BCUT2D eigenvalue weighted by Crippen LogP contribution is 2.20. The van der Waals surface area contributed by atoms with Crippen molar-refractivity contribution in [3.8, 4) is 0 Å². The van der Waals surface area contributed by atoms with Crippen LogP contribution in [0.15, 0.2) is 6.20 Å². The Morgan fingerprint density at radius 1 is 1.50 bits per heavy atom. The van der Waals surface area contributed by atoms with Crippen LogP contribution in [-0.2, 0) is 0 Å². The van der Waals surface area contributed by atoms with Crippen LogP contribution in [0.3, 0.4) is 0 Å². The van der Waals surface area contributed by atoms with Crippen LogP contribution in [0.4, 0.5) is 8.78 Å². The highest BCUT2D eigenvalue weighted by molar-refractivity contribution is 6.67. The minimum absolute atomic E-state index is 0.626. The van der Waals surface area contributed by atoms with Crippen LogP contribution in [0.5, 0.6) is 0 Å². The fraction of sp³-hybridized carbons (Fsp3) is 0. The summed E-state index contributed by atoms with van der Waals surface area (Å²) in [7, 11) is 0. The molecule has 6 heteroatoms. The summed E-state index contributed by atoms with van der Waals surface area (Å²) in [6, 6.07) is 0. The van der Waals surface area contributed by atoms with E-state index in [-0.39, 0.29) is 0 Å². The van der Waals surface area contributed by atoms with Crippen molar-refractivity contribution in [3.63, 3.8) is 0 Å². The summed E-state index contributed by atoms with van der Waals surface area (Å²) >= 11 is 10.0. The van der Waals surface area contributed by atoms with Gasteiger partial charge in [0, 0.05) is 0 Å². The number of carbonyl (C=O) groups excluding carboxylic acids is 1. The molecule has 0 fully saturated rings. The molecule has 0 aliphatic rings. The second-order valence-electron chi connectivity index (χ2n) is 1.86. The SMILES string of the molecule is O=C(Cl)c1ncc(F)c(Cl)c1F. The first-order valence-corrected chi connectivity index (χ1v) is 3.49. The van der Waals surface area contributed by atoms with Gasteiger partial charge >= 0.3 is 0 Å². The maximum absolute atomic E-state index is 12.8. The van der Waals surface area contributed by atoms with E-state index >= 15 is 0 Å². The smallest absolute Gasteiger partial charge is 0.273 e. The Hall–Kier alpha value is -0.740. The Labute approximate surface area is 76.1 Å². The zero-order chi connectivity index (χ0) is 9.30. The molecule has 0 atom stereocenters. The van der Waals surface area contributed by atoms with E-state index in [1.165, 1.54) is 0 Å². The summed E-state index contributed by atoms with van der Waals surface area (Å²) in [5, 5.41) is -1.90. The molecule has 2 nitrogen and oxygen atoms in total. The van der Waals surface area contributed by atoms with Gasteiger partial charge in [0.2, 0.25) is 0 Å². The van der Waals surface area contributed by atoms with Crippen molar-refractivity contribution in [2.75, 3.05) is 0 Å². The largest absolute Gasteiger partial charge is 0.274 e. The number of hydrogen-bond donors (Lipinski definition) is 0. The lowest BCUT2D eigenvalue weighted by atomic mass is 10.3. The van der Waals surface area contributed by atoms with Gasteiger partial charge in [0.1, 0.15) is 5.02 Å². The highest BCUT2D eigenvalue weighted by atomic mass is 35.5. The van der Waals surface area contributed by atoms with Crippen LogP contribution in [0.25, 0.3) is 0 Å². The molecule has 0 N–H and O–H groups in total. The Morgan fingerprint density at radius 3 is 2.58 bits per heavy atom. The van der Waals surface area contributed by atoms with E-state index in [1.807, 2.05) is 0 Å². The lowest BCUT2D eigenvalue weighted by Crippen LogP contribution is -2.01. The van der Waals surface area contributed by atoms with Crippen molar-refractivity contribution in [1.29, 1.82) is 0 Å². The van der Waals surface area contributed by atoms with Crippen molar-refractivity contribution in [2.45, 2.75) is 0 Å². The maximum Gasteiger partial charge on any atom is 0.273 e. The van der Waals surface area contributed by atoms with Gasteiger partial charge in [0.25, 0.3) is 5.24 Å². The van der Waals surface area contributed by atoms with Crippen LogP contribution in [-0.4, -0.2) is 10.2 Å². The second kappa shape index (κ2) is 3.33. The summed E-state index contributed by atoms with van der Waals surface area (Å²) in [5.41, 5.74) is -0.678. The van der Waals surface area contributed by atoms with Crippen molar-refractivity contribution in [1.82, 2.24) is 4.98 Å². The zero-order valence-electron chi connectivity index (χ0n) is 5.44. The number of rotatable bonds is 1. The van der Waals surface area contributed by atoms with Crippen LogP contribution < -0.4 is 0 Å². The van der Waals surface area contributed by atoms with Crippen LogP contribution >= 0.6 is 23.2 Å². The van der Waals surface area contributed by atoms with E-state index in [2.05, 4.69) is 4.98 Å². The molecule has 0 radical (unpaired) electrons. The minimum Gasteiger partial charge on any atom is -0.274 e. The van der Waals surface area contributed by atoms with Crippen molar-refractivity contribution < 1.29 is 13.6 Å². The van der Waals surface area contributed by atoms with E-state index in [0.29, 0.717) is 6.20 Å². The molecule has 1 aromatic heterocycles. The van der Waals surface area contributed by atoms with Gasteiger partial charge in [-0.1, -0.05) is 11.6 Å². The molecule has 0 unspecified atom stereocenters. The lowest BCUT2D eigenvalue weighted by Gasteiger charge is -1.98. The van der Waals surface area contributed by atoms with E-state index in [9.17, 15) is 13.6 Å². The van der Waals surface area contributed by atoms with Gasteiger partial charge in [-0.25, -0.2) is 13.8 Å². The molecular formula is C6HCl2F2NO. The van der Waals surface area contributed by atoms with Gasteiger partial charge in [0.15, 0.2) is 17.3 Å². The van der Waals surface area contributed by atoms with Gasteiger partial charge in [-0.3, -0.25) is 4.79 Å². The maximum atomic E-state index is 12.8. The number of nitrogens with zero attached hydrogens (tertiary/aromatic N) is 1. The zero-order valence-corrected chi connectivity index (χ0v) is 6.96. The van der Waals surface area contributed by atoms with Gasteiger partial charge in [-0.15, -0.1) is 0 Å². The summed E-state index contributed by atoms with van der Waals surface area (Å²) in [6.45, 7) is 0. The molecule has 0 aromatic carbocycles. The molecule has 0 saturated carbocycles. The van der Waals surface area contributed by atoms with Gasteiger partial charge in [-0.2, -0.15) is 0 Å². The third-order valence-corrected chi connectivity index (χ3v) is 1.63. The summed E-state index contributed by atoms with van der Waals surface area (Å²) in [4.78, 5) is 13.5. The Bertz CT molecular complexity index is 343. The quantitative estimate of drug-likeness (QED) is 0.669. The molecule has 12 heavy (non-hydrogen) atoms. The molecule has 0 saturated heterocycles. The second-order valence-corrected chi connectivity index (χ2v) is 2.58. The predicted molar refractivity (Wildman–Crippen MR) is 39.3 cm³/mol. The average molecular weight is 212 g/mol. The van der Waals surface area contributed by atoms with Crippen LogP contribution in [0, 0.1) is 11.6 Å².